The third-order valence-electron chi connectivity index (χ3n) is 9.71. The van der Waals surface area contributed by atoms with Crippen LogP contribution in [0, 0.1) is 12.3 Å². The summed E-state index contributed by atoms with van der Waals surface area (Å²) in [6, 6.07) is 29.9. The number of carbonyl (C=O) groups excluding carboxylic acids is 3. The van der Waals surface area contributed by atoms with Crippen LogP contribution in [0.2, 0.25) is 0 Å². The molecule has 1 spiro atoms. The number of esters is 1. The van der Waals surface area contributed by atoms with Crippen molar-refractivity contribution in [2.24, 2.45) is 5.41 Å². The second-order valence-electron chi connectivity index (χ2n) is 12.0. The van der Waals surface area contributed by atoms with Crippen molar-refractivity contribution >= 4 is 23.3 Å². The highest BCUT2D eigenvalue weighted by Crippen LogP contribution is 2.57. The van der Waals surface area contributed by atoms with Crippen LogP contribution in [0.4, 0.5) is 5.69 Å². The van der Waals surface area contributed by atoms with Crippen LogP contribution in [0.3, 0.4) is 0 Å². The van der Waals surface area contributed by atoms with Crippen LogP contribution in [0.25, 0.3) is 0 Å². The number of carbonyl (C=O) groups is 3. The van der Waals surface area contributed by atoms with Gasteiger partial charge in [0.1, 0.15) is 24.1 Å². The Bertz CT molecular complexity index is 1760. The molecule has 7 rings (SSSR count). The van der Waals surface area contributed by atoms with E-state index in [0.29, 0.717) is 22.7 Å². The van der Waals surface area contributed by atoms with Crippen LogP contribution >= 0.6 is 0 Å². The topological polar surface area (TPSA) is 94.2 Å². The zero-order valence-electron chi connectivity index (χ0n) is 25.3. The van der Waals surface area contributed by atoms with E-state index in [1.807, 2.05) is 97.9 Å². The predicted molar refractivity (Wildman–Crippen MR) is 169 cm³/mol. The molecule has 0 aromatic heterocycles. The summed E-state index contributed by atoms with van der Waals surface area (Å²) in [5.74, 6) is -0.731. The highest BCUT2D eigenvalue weighted by atomic mass is 16.5. The van der Waals surface area contributed by atoms with Crippen molar-refractivity contribution in [2.45, 2.75) is 36.9 Å². The molecule has 0 bridgehead atoms. The number of β-lactam (4-membered cyclic amide) rings is 1. The lowest BCUT2D eigenvalue weighted by Gasteiger charge is -2.54. The molecule has 2 fully saturated rings. The van der Waals surface area contributed by atoms with Crippen LogP contribution in [-0.2, 0) is 14.3 Å². The quantitative estimate of drug-likeness (QED) is 0.244. The van der Waals surface area contributed by atoms with E-state index in [1.54, 1.807) is 24.1 Å². The molecule has 3 aliphatic rings. The molecule has 4 aromatic carbocycles. The van der Waals surface area contributed by atoms with Gasteiger partial charge < -0.3 is 19.1 Å². The number of rotatable bonds is 6. The third-order valence-corrected chi connectivity index (χ3v) is 9.71. The van der Waals surface area contributed by atoms with E-state index in [-0.39, 0.29) is 18.3 Å². The Morgan fingerprint density at radius 2 is 1.56 bits per heavy atom. The molecule has 2 saturated heterocycles. The SMILES string of the molecule is COC(=O)[C@@H]1N[C@H]([C@@H]2[C@H](c3ccccc3)C(=O)N2c2ccc(OC)cc2)[C@@]2(COc3ccccc3C2=O)[C@H]1c1ccc(C)cc1. The van der Waals surface area contributed by atoms with Crippen molar-refractivity contribution in [1.29, 1.82) is 0 Å². The van der Waals surface area contributed by atoms with Crippen molar-refractivity contribution in [3.05, 3.63) is 125 Å². The van der Waals surface area contributed by atoms with Crippen LogP contribution in [-0.4, -0.2) is 56.6 Å². The van der Waals surface area contributed by atoms with Crippen LogP contribution in [0.5, 0.6) is 11.5 Å². The van der Waals surface area contributed by atoms with Crippen molar-refractivity contribution < 1.29 is 28.6 Å². The summed E-state index contributed by atoms with van der Waals surface area (Å²) in [5, 5.41) is 3.58. The van der Waals surface area contributed by atoms with E-state index in [2.05, 4.69) is 5.32 Å². The maximum absolute atomic E-state index is 15.1. The van der Waals surface area contributed by atoms with Gasteiger partial charge in [-0.3, -0.25) is 19.7 Å². The van der Waals surface area contributed by atoms with Crippen LogP contribution < -0.4 is 19.7 Å². The minimum atomic E-state index is -1.26. The Morgan fingerprint density at radius 3 is 2.24 bits per heavy atom. The molecule has 228 valence electrons. The van der Waals surface area contributed by atoms with Crippen LogP contribution in [0.15, 0.2) is 103 Å². The molecule has 4 aromatic rings. The number of ketones is 1. The minimum Gasteiger partial charge on any atom is -0.497 e. The van der Waals surface area contributed by atoms with Gasteiger partial charge >= 0.3 is 5.97 Å². The van der Waals surface area contributed by atoms with Gasteiger partial charge in [0.2, 0.25) is 5.91 Å². The summed E-state index contributed by atoms with van der Waals surface area (Å²) in [6.45, 7) is 2.02. The first-order chi connectivity index (χ1) is 21.9. The van der Waals surface area contributed by atoms with Gasteiger partial charge in [-0.05, 0) is 54.4 Å². The summed E-state index contributed by atoms with van der Waals surface area (Å²) in [5.41, 5.74) is 2.59. The van der Waals surface area contributed by atoms with E-state index in [9.17, 15) is 9.59 Å². The van der Waals surface area contributed by atoms with Gasteiger partial charge in [0.25, 0.3) is 0 Å². The lowest BCUT2D eigenvalue weighted by molar-refractivity contribution is -0.143. The Hall–Kier alpha value is -4.95. The first-order valence-corrected chi connectivity index (χ1v) is 15.1. The van der Waals surface area contributed by atoms with Crippen LogP contribution in [0.1, 0.15) is 38.9 Å². The molecule has 3 heterocycles. The third kappa shape index (κ3) is 4.43. The summed E-state index contributed by atoms with van der Waals surface area (Å²) < 4.78 is 17.2. The number of fused-ring (bicyclic) bond motifs is 1. The van der Waals surface area contributed by atoms with E-state index < -0.39 is 41.3 Å². The number of para-hydroxylation sites is 1. The van der Waals surface area contributed by atoms with E-state index >= 15 is 4.79 Å². The molecule has 45 heavy (non-hydrogen) atoms. The second kappa shape index (κ2) is 11.2. The van der Waals surface area contributed by atoms with E-state index in [4.69, 9.17) is 14.2 Å². The fraction of sp³-hybridized carbons (Fsp3) is 0.270. The standard InChI is InChI=1S/C37H34N2O6/c1-22-13-15-24(16-14-22)30-31(36(42)44-3)38-33(37(30)21-45-28-12-8-7-11-27(28)34(37)40)32-29(23-9-5-4-6-10-23)35(41)39(32)25-17-19-26(43-2)20-18-25/h4-20,29-33,38H,21H2,1-3H3/t29-,30-,31+,32-,33+,37+/m0/s1. The number of anilines is 1. The number of aryl methyl sites for hydroxylation is 1. The normalized spacial score (nSPS) is 27.0. The number of nitrogens with one attached hydrogen (secondary N) is 1. The molecule has 0 saturated carbocycles. The largest absolute Gasteiger partial charge is 0.497 e. The average Bonchev–Trinajstić information content (AvgIpc) is 3.41. The van der Waals surface area contributed by atoms with Gasteiger partial charge in [0, 0.05) is 17.6 Å². The van der Waals surface area contributed by atoms with Crippen molar-refractivity contribution in [3.63, 3.8) is 0 Å². The molecular weight excluding hydrogens is 568 g/mol. The zero-order chi connectivity index (χ0) is 31.3. The van der Waals surface area contributed by atoms with Gasteiger partial charge in [-0.2, -0.15) is 0 Å². The molecule has 0 aliphatic carbocycles. The number of methoxy groups -OCH3 is 2. The number of hydrogen-bond acceptors (Lipinski definition) is 7. The van der Waals surface area contributed by atoms with Crippen molar-refractivity contribution in [3.8, 4) is 11.5 Å². The number of ether oxygens (including phenoxy) is 3. The van der Waals surface area contributed by atoms with Crippen molar-refractivity contribution in [1.82, 2.24) is 5.32 Å². The Kier molecular flexibility index (Phi) is 7.17. The van der Waals surface area contributed by atoms with Gasteiger partial charge in [-0.1, -0.05) is 72.3 Å². The second-order valence-corrected chi connectivity index (χ2v) is 12.0. The molecular formula is C37H34N2O6. The molecule has 0 radical (unpaired) electrons. The minimum absolute atomic E-state index is 0.0230. The molecule has 3 aliphatic heterocycles. The maximum atomic E-state index is 15.1. The van der Waals surface area contributed by atoms with Gasteiger partial charge in [0.05, 0.1) is 37.2 Å². The molecule has 1 amide bonds. The monoisotopic (exact) mass is 602 g/mol. The summed E-state index contributed by atoms with van der Waals surface area (Å²) in [4.78, 5) is 44.6. The molecule has 8 nitrogen and oxygen atoms in total. The maximum Gasteiger partial charge on any atom is 0.323 e. The zero-order valence-corrected chi connectivity index (χ0v) is 25.3. The number of hydrogen-bond donors (Lipinski definition) is 1. The number of benzene rings is 4. The molecule has 6 atom stereocenters. The average molecular weight is 603 g/mol. The smallest absolute Gasteiger partial charge is 0.323 e. The highest BCUT2D eigenvalue weighted by Gasteiger charge is 2.70. The fourth-order valence-electron chi connectivity index (χ4n) is 7.58. The van der Waals surface area contributed by atoms with Crippen molar-refractivity contribution in [2.75, 3.05) is 25.7 Å². The number of nitrogens with zero attached hydrogens (tertiary/aromatic N) is 1. The highest BCUT2D eigenvalue weighted by molar-refractivity contribution is 6.09. The first-order valence-electron chi connectivity index (χ1n) is 15.1. The number of Topliss-reactive ketones (excluding diaryl/α,β-unsaturated/α-hetero) is 1. The fourth-order valence-corrected chi connectivity index (χ4v) is 7.58. The summed E-state index contributed by atoms with van der Waals surface area (Å²) in [6.07, 6.45) is 0. The van der Waals surface area contributed by atoms with E-state index in [0.717, 1.165) is 16.7 Å². The van der Waals surface area contributed by atoms with Gasteiger partial charge in [-0.15, -0.1) is 0 Å². The summed E-state index contributed by atoms with van der Waals surface area (Å²) >= 11 is 0. The number of amides is 1. The molecule has 8 heteroatoms. The summed E-state index contributed by atoms with van der Waals surface area (Å²) in [7, 11) is 2.95. The Morgan fingerprint density at radius 1 is 0.867 bits per heavy atom. The predicted octanol–water partition coefficient (Wildman–Crippen LogP) is 5.06. The first kappa shape index (κ1) is 28.8. The Labute approximate surface area is 261 Å². The lowest BCUT2D eigenvalue weighted by Crippen LogP contribution is -2.71. The molecule has 0 unspecified atom stereocenters. The van der Waals surface area contributed by atoms with E-state index in [1.165, 1.54) is 7.11 Å². The lowest BCUT2D eigenvalue weighted by atomic mass is 9.59. The molecule has 1 N–H and O–H groups in total. The van der Waals surface area contributed by atoms with Gasteiger partial charge in [-0.25, -0.2) is 0 Å². The van der Waals surface area contributed by atoms with Gasteiger partial charge in [0.15, 0.2) is 5.78 Å². The Balaban J connectivity index is 1.45.